The highest BCUT2D eigenvalue weighted by Crippen LogP contribution is 2.45. The second-order valence-corrected chi connectivity index (χ2v) is 8.62. The lowest BCUT2D eigenvalue weighted by atomic mass is 9.95. The highest BCUT2D eigenvalue weighted by molar-refractivity contribution is 6.01. The molecule has 1 aliphatic rings. The van der Waals surface area contributed by atoms with Gasteiger partial charge in [0.15, 0.2) is 0 Å². The monoisotopic (exact) mass is 389 g/mol. The molecule has 0 radical (unpaired) electrons. The Kier molecular flexibility index (Phi) is 4.95. The molecule has 0 aromatic heterocycles. The maximum atomic E-state index is 12.9. The molecule has 1 heterocycles. The van der Waals surface area contributed by atoms with E-state index in [0.717, 1.165) is 27.8 Å². The largest absolute Gasteiger partial charge is 0.488 e. The molecule has 0 saturated heterocycles. The summed E-state index contributed by atoms with van der Waals surface area (Å²) in [7, 11) is 0. The molecule has 4 nitrogen and oxygen atoms in total. The van der Waals surface area contributed by atoms with Gasteiger partial charge in [0.2, 0.25) is 0 Å². The van der Waals surface area contributed by atoms with Crippen molar-refractivity contribution in [3.8, 4) is 5.75 Å². The first-order valence-corrected chi connectivity index (χ1v) is 10.1. The number of ether oxygens (including phenoxy) is 2. The van der Waals surface area contributed by atoms with Gasteiger partial charge in [-0.3, -0.25) is 4.90 Å². The number of hydrogen-bond donors (Lipinski definition) is 0. The van der Waals surface area contributed by atoms with Gasteiger partial charge in [0.25, 0.3) is 0 Å². The molecule has 150 valence electrons. The van der Waals surface area contributed by atoms with E-state index in [0.29, 0.717) is 13.2 Å². The molecule has 0 fully saturated rings. The summed E-state index contributed by atoms with van der Waals surface area (Å²) < 4.78 is 11.9. The van der Waals surface area contributed by atoms with E-state index in [1.165, 1.54) is 5.56 Å². The summed E-state index contributed by atoms with van der Waals surface area (Å²) >= 11 is 0. The number of carbonyl (C=O) groups is 1. The van der Waals surface area contributed by atoms with Crippen LogP contribution in [0.2, 0.25) is 0 Å². The Labute approximate surface area is 172 Å². The van der Waals surface area contributed by atoms with E-state index in [1.807, 2.05) is 69.3 Å². The third-order valence-corrected chi connectivity index (χ3v) is 5.12. The van der Waals surface area contributed by atoms with Crippen LogP contribution in [0.5, 0.6) is 5.75 Å². The molecule has 0 spiro atoms. The molecule has 0 N–H and O–H groups in total. The minimum Gasteiger partial charge on any atom is -0.488 e. The first kappa shape index (κ1) is 19.3. The van der Waals surface area contributed by atoms with Crippen LogP contribution >= 0.6 is 0 Å². The normalized spacial score (nSPS) is 16.0. The number of anilines is 1. The molecule has 1 aliphatic heterocycles. The number of hydrogen-bond acceptors (Lipinski definition) is 3. The van der Waals surface area contributed by atoms with Crippen LogP contribution in [0.1, 0.15) is 44.7 Å². The van der Waals surface area contributed by atoms with Crippen molar-refractivity contribution in [3.63, 3.8) is 0 Å². The van der Waals surface area contributed by atoms with Gasteiger partial charge in [0.1, 0.15) is 18.0 Å². The number of rotatable bonds is 3. The fourth-order valence-corrected chi connectivity index (χ4v) is 3.90. The van der Waals surface area contributed by atoms with E-state index in [9.17, 15) is 4.79 Å². The molecule has 3 aromatic carbocycles. The average Bonchev–Trinajstić information content (AvgIpc) is 3.02. The predicted molar refractivity (Wildman–Crippen MR) is 117 cm³/mol. The number of nitrogens with zero attached hydrogens (tertiary/aromatic N) is 1. The van der Waals surface area contributed by atoms with Crippen molar-refractivity contribution < 1.29 is 14.3 Å². The lowest BCUT2D eigenvalue weighted by Crippen LogP contribution is -2.36. The Hall–Kier alpha value is -3.01. The highest BCUT2D eigenvalue weighted by atomic mass is 16.6. The predicted octanol–water partition coefficient (Wildman–Crippen LogP) is 6.28. The van der Waals surface area contributed by atoms with Crippen LogP contribution < -0.4 is 9.64 Å². The third kappa shape index (κ3) is 3.93. The zero-order chi connectivity index (χ0) is 20.6. The lowest BCUT2D eigenvalue weighted by molar-refractivity contribution is 0.0582. The van der Waals surface area contributed by atoms with E-state index in [1.54, 1.807) is 4.90 Å². The Morgan fingerprint density at radius 1 is 1.03 bits per heavy atom. The number of benzene rings is 3. The number of carbonyl (C=O) groups excluding carboxylic acids is 1. The van der Waals surface area contributed by atoms with Gasteiger partial charge in [0.05, 0.1) is 5.69 Å². The smallest absolute Gasteiger partial charge is 0.414 e. The van der Waals surface area contributed by atoms with E-state index >= 15 is 0 Å². The molecule has 0 aliphatic carbocycles. The SMILES string of the molecule is C[C@@H]1CN(C(=O)OC(C)(C)C)c2cc(OCc3ccccc3)c3ccccc3c21. The van der Waals surface area contributed by atoms with Gasteiger partial charge >= 0.3 is 6.09 Å². The quantitative estimate of drug-likeness (QED) is 0.529. The fraction of sp³-hybridized carbons (Fsp3) is 0.320. The molecule has 1 atom stereocenters. The number of fused-ring (bicyclic) bond motifs is 3. The van der Waals surface area contributed by atoms with E-state index in [2.05, 4.69) is 19.1 Å². The number of amides is 1. The van der Waals surface area contributed by atoms with Crippen molar-refractivity contribution in [2.45, 2.75) is 45.8 Å². The van der Waals surface area contributed by atoms with Gasteiger partial charge < -0.3 is 9.47 Å². The summed E-state index contributed by atoms with van der Waals surface area (Å²) in [4.78, 5) is 14.6. The molecular formula is C25H27NO3. The van der Waals surface area contributed by atoms with E-state index in [4.69, 9.17) is 9.47 Å². The maximum Gasteiger partial charge on any atom is 0.414 e. The van der Waals surface area contributed by atoms with E-state index in [-0.39, 0.29) is 12.0 Å². The van der Waals surface area contributed by atoms with Crippen molar-refractivity contribution >= 4 is 22.6 Å². The van der Waals surface area contributed by atoms with Crippen molar-refractivity contribution in [2.75, 3.05) is 11.4 Å². The third-order valence-electron chi connectivity index (χ3n) is 5.12. The van der Waals surface area contributed by atoms with Crippen LogP contribution in [0.3, 0.4) is 0 Å². The molecule has 4 heteroatoms. The maximum absolute atomic E-state index is 12.9. The van der Waals surface area contributed by atoms with Crippen LogP contribution in [0.15, 0.2) is 60.7 Å². The topological polar surface area (TPSA) is 38.8 Å². The van der Waals surface area contributed by atoms with Crippen LogP contribution in [-0.4, -0.2) is 18.2 Å². The summed E-state index contributed by atoms with van der Waals surface area (Å²) in [5, 5.41) is 2.20. The second-order valence-electron chi connectivity index (χ2n) is 8.62. The summed E-state index contributed by atoms with van der Waals surface area (Å²) in [6.07, 6.45) is -0.313. The van der Waals surface area contributed by atoms with E-state index < -0.39 is 5.60 Å². The Morgan fingerprint density at radius 3 is 2.38 bits per heavy atom. The van der Waals surface area contributed by atoms with Crippen molar-refractivity contribution in [2.24, 2.45) is 0 Å². The standard InChI is InChI=1S/C25H27NO3/c1-17-15-26(24(27)29-25(2,3)4)21-14-22(28-16-18-10-6-5-7-11-18)19-12-8-9-13-20(19)23(17)21/h5-14,17H,15-16H2,1-4H3/t17-/m1/s1. The Balaban J connectivity index is 1.75. The van der Waals surface area contributed by atoms with Gasteiger partial charge in [-0.05, 0) is 37.3 Å². The van der Waals surface area contributed by atoms with Crippen molar-refractivity contribution in [3.05, 3.63) is 71.8 Å². The molecule has 29 heavy (non-hydrogen) atoms. The summed E-state index contributed by atoms with van der Waals surface area (Å²) in [6, 6.07) is 20.3. The first-order chi connectivity index (χ1) is 13.8. The van der Waals surface area contributed by atoms with Crippen LogP contribution in [0.25, 0.3) is 10.8 Å². The molecule has 0 unspecified atom stereocenters. The first-order valence-electron chi connectivity index (χ1n) is 10.1. The van der Waals surface area contributed by atoms with Gasteiger partial charge in [-0.15, -0.1) is 0 Å². The molecule has 4 rings (SSSR count). The second kappa shape index (κ2) is 7.43. The Morgan fingerprint density at radius 2 is 1.69 bits per heavy atom. The zero-order valence-electron chi connectivity index (χ0n) is 17.4. The van der Waals surface area contributed by atoms with Gasteiger partial charge in [0, 0.05) is 23.9 Å². The van der Waals surface area contributed by atoms with Gasteiger partial charge in [-0.1, -0.05) is 61.5 Å². The van der Waals surface area contributed by atoms with Crippen LogP contribution in [0, 0.1) is 0 Å². The van der Waals surface area contributed by atoms with Gasteiger partial charge in [-0.2, -0.15) is 0 Å². The molecule has 0 bridgehead atoms. The molecule has 3 aromatic rings. The highest BCUT2D eigenvalue weighted by Gasteiger charge is 2.35. The van der Waals surface area contributed by atoms with Crippen molar-refractivity contribution in [1.82, 2.24) is 0 Å². The minimum absolute atomic E-state index is 0.227. The van der Waals surface area contributed by atoms with Crippen LogP contribution in [0.4, 0.5) is 10.5 Å². The van der Waals surface area contributed by atoms with Crippen molar-refractivity contribution in [1.29, 1.82) is 0 Å². The summed E-state index contributed by atoms with van der Waals surface area (Å²) in [5.41, 5.74) is 2.63. The summed E-state index contributed by atoms with van der Waals surface area (Å²) in [6.45, 7) is 8.91. The summed E-state index contributed by atoms with van der Waals surface area (Å²) in [5.74, 6) is 1.01. The fourth-order valence-electron chi connectivity index (χ4n) is 3.90. The molecular weight excluding hydrogens is 362 g/mol. The lowest BCUT2D eigenvalue weighted by Gasteiger charge is -2.25. The zero-order valence-corrected chi connectivity index (χ0v) is 17.4. The Bertz CT molecular complexity index is 1040. The minimum atomic E-state index is -0.535. The average molecular weight is 389 g/mol. The van der Waals surface area contributed by atoms with Gasteiger partial charge in [-0.25, -0.2) is 4.79 Å². The molecule has 0 saturated carbocycles. The van der Waals surface area contributed by atoms with Crippen LogP contribution in [-0.2, 0) is 11.3 Å². The molecule has 1 amide bonds.